The van der Waals surface area contributed by atoms with Crippen molar-refractivity contribution < 1.29 is 32.7 Å². The number of fused-ring (bicyclic) bond motifs is 1. The van der Waals surface area contributed by atoms with E-state index in [9.17, 15) is 9.59 Å². The fraction of sp³-hybridized carbons (Fsp3) is 0.250. The van der Waals surface area contributed by atoms with Gasteiger partial charge in [0.05, 0.1) is 36.6 Å². The van der Waals surface area contributed by atoms with E-state index in [-0.39, 0.29) is 11.3 Å². The highest BCUT2D eigenvalue weighted by molar-refractivity contribution is 6.06. The standard InChI is InChI=1S/C24H22N2O7/c1-12-8-16(14(3)32-12)18-10-17(22-13(2)26-33-23(22)25-18)24(28)31-11-19(27)15-6-7-20(29-4)21(9-15)30-5/h6-10H,11H2,1-5H3. The number of nitrogens with zero attached hydrogens (tertiary/aromatic N) is 2. The van der Waals surface area contributed by atoms with E-state index in [1.807, 2.05) is 13.0 Å². The summed E-state index contributed by atoms with van der Waals surface area (Å²) in [5.41, 5.74) is 2.41. The fourth-order valence-electron chi connectivity index (χ4n) is 3.58. The molecule has 0 aliphatic rings. The Morgan fingerprint density at radius 2 is 1.76 bits per heavy atom. The van der Waals surface area contributed by atoms with Crippen LogP contribution in [0.4, 0.5) is 0 Å². The molecule has 0 fully saturated rings. The number of rotatable bonds is 7. The molecule has 0 unspecified atom stereocenters. The Hall–Kier alpha value is -4.14. The molecule has 0 aliphatic heterocycles. The Balaban J connectivity index is 1.62. The molecule has 4 rings (SSSR count). The van der Waals surface area contributed by atoms with E-state index in [0.717, 1.165) is 5.56 Å². The average Bonchev–Trinajstić information content (AvgIpc) is 3.36. The number of aryl methyl sites for hydroxylation is 3. The van der Waals surface area contributed by atoms with Crippen LogP contribution in [0.2, 0.25) is 0 Å². The summed E-state index contributed by atoms with van der Waals surface area (Å²) in [6, 6.07) is 8.14. The second-order valence-corrected chi connectivity index (χ2v) is 7.40. The van der Waals surface area contributed by atoms with Gasteiger partial charge in [-0.3, -0.25) is 4.79 Å². The minimum atomic E-state index is -0.693. The van der Waals surface area contributed by atoms with Gasteiger partial charge in [0.25, 0.3) is 5.71 Å². The highest BCUT2D eigenvalue weighted by atomic mass is 16.5. The zero-order valence-corrected chi connectivity index (χ0v) is 18.8. The lowest BCUT2D eigenvalue weighted by Crippen LogP contribution is -2.15. The molecule has 4 aromatic rings. The second kappa shape index (κ2) is 8.78. The SMILES string of the molecule is COc1ccc(C(=O)COC(=O)c2cc(-c3cc(C)oc3C)nc3onc(C)c23)cc1OC. The number of pyridine rings is 1. The number of benzene rings is 1. The molecule has 0 atom stereocenters. The summed E-state index contributed by atoms with van der Waals surface area (Å²) in [6.45, 7) is 4.87. The van der Waals surface area contributed by atoms with Crippen LogP contribution in [-0.2, 0) is 4.74 Å². The molecule has 1 aromatic carbocycles. The molecule has 170 valence electrons. The topological polar surface area (TPSA) is 114 Å². The highest BCUT2D eigenvalue weighted by Crippen LogP contribution is 2.31. The van der Waals surface area contributed by atoms with E-state index in [1.165, 1.54) is 20.3 Å². The number of carbonyl (C=O) groups excluding carboxylic acids is 2. The van der Waals surface area contributed by atoms with E-state index in [1.54, 1.807) is 32.0 Å². The van der Waals surface area contributed by atoms with Gasteiger partial charge in [-0.25, -0.2) is 9.78 Å². The first-order valence-electron chi connectivity index (χ1n) is 10.1. The van der Waals surface area contributed by atoms with Gasteiger partial charge in [-0.2, -0.15) is 0 Å². The number of hydrogen-bond acceptors (Lipinski definition) is 9. The summed E-state index contributed by atoms with van der Waals surface area (Å²) in [4.78, 5) is 30.1. The molecule has 3 heterocycles. The Morgan fingerprint density at radius 1 is 1.00 bits per heavy atom. The maximum Gasteiger partial charge on any atom is 0.339 e. The zero-order valence-electron chi connectivity index (χ0n) is 18.8. The van der Waals surface area contributed by atoms with E-state index in [2.05, 4.69) is 10.1 Å². The number of Topliss-reactive ketones (excluding diaryl/α,β-unsaturated/α-hetero) is 1. The monoisotopic (exact) mass is 450 g/mol. The van der Waals surface area contributed by atoms with Crippen LogP contribution < -0.4 is 9.47 Å². The predicted octanol–water partition coefficient (Wildman–Crippen LogP) is 4.46. The molecule has 0 spiro atoms. The van der Waals surface area contributed by atoms with Crippen molar-refractivity contribution in [1.82, 2.24) is 10.1 Å². The van der Waals surface area contributed by atoms with Crippen molar-refractivity contribution in [2.45, 2.75) is 20.8 Å². The molecule has 3 aromatic heterocycles. The van der Waals surface area contributed by atoms with Gasteiger partial charge < -0.3 is 23.2 Å². The number of hydrogen-bond donors (Lipinski definition) is 0. The average molecular weight is 450 g/mol. The molecule has 9 heteroatoms. The van der Waals surface area contributed by atoms with E-state index >= 15 is 0 Å². The molecule has 0 saturated carbocycles. The van der Waals surface area contributed by atoms with Gasteiger partial charge in [0.15, 0.2) is 23.9 Å². The summed E-state index contributed by atoms with van der Waals surface area (Å²) in [7, 11) is 2.98. The Bertz CT molecular complexity index is 1370. The van der Waals surface area contributed by atoms with Crippen LogP contribution >= 0.6 is 0 Å². The third kappa shape index (κ3) is 4.17. The van der Waals surface area contributed by atoms with Gasteiger partial charge in [-0.05, 0) is 51.1 Å². The molecule has 0 bridgehead atoms. The lowest BCUT2D eigenvalue weighted by molar-refractivity contribution is 0.0476. The van der Waals surface area contributed by atoms with Crippen LogP contribution in [0.3, 0.4) is 0 Å². The molecule has 0 saturated heterocycles. The van der Waals surface area contributed by atoms with Gasteiger partial charge in [-0.15, -0.1) is 0 Å². The van der Waals surface area contributed by atoms with Gasteiger partial charge in [0.1, 0.15) is 11.5 Å². The molecule has 0 amide bonds. The Labute approximate surface area is 189 Å². The number of ether oxygens (including phenoxy) is 3. The quantitative estimate of drug-likeness (QED) is 0.297. The van der Waals surface area contributed by atoms with Crippen LogP contribution in [0.1, 0.15) is 37.9 Å². The van der Waals surface area contributed by atoms with E-state index < -0.39 is 18.4 Å². The molecular formula is C24H22N2O7. The number of ketones is 1. The van der Waals surface area contributed by atoms with Gasteiger partial charge in [-0.1, -0.05) is 5.16 Å². The van der Waals surface area contributed by atoms with Crippen molar-refractivity contribution in [3.63, 3.8) is 0 Å². The summed E-state index contributed by atoms with van der Waals surface area (Å²) in [6.07, 6.45) is 0. The largest absolute Gasteiger partial charge is 0.493 e. The summed E-state index contributed by atoms with van der Waals surface area (Å²) in [5, 5.41) is 4.35. The number of aromatic nitrogens is 2. The predicted molar refractivity (Wildman–Crippen MR) is 118 cm³/mol. The summed E-state index contributed by atoms with van der Waals surface area (Å²) < 4.78 is 26.6. The van der Waals surface area contributed by atoms with Gasteiger partial charge >= 0.3 is 5.97 Å². The number of esters is 1. The highest BCUT2D eigenvalue weighted by Gasteiger charge is 2.23. The lowest BCUT2D eigenvalue weighted by atomic mass is 10.1. The van der Waals surface area contributed by atoms with Crippen LogP contribution in [-0.4, -0.2) is 42.7 Å². The van der Waals surface area contributed by atoms with Crippen LogP contribution in [0.15, 0.2) is 39.3 Å². The smallest absolute Gasteiger partial charge is 0.339 e. The van der Waals surface area contributed by atoms with E-state index in [0.29, 0.717) is 45.4 Å². The van der Waals surface area contributed by atoms with Crippen LogP contribution in [0.25, 0.3) is 22.4 Å². The van der Waals surface area contributed by atoms with Gasteiger partial charge in [0.2, 0.25) is 0 Å². The second-order valence-electron chi connectivity index (χ2n) is 7.40. The van der Waals surface area contributed by atoms with Crippen molar-refractivity contribution in [2.75, 3.05) is 20.8 Å². The first kappa shape index (κ1) is 22.1. The van der Waals surface area contributed by atoms with Crippen molar-refractivity contribution in [1.29, 1.82) is 0 Å². The molecule has 0 N–H and O–H groups in total. The Kier molecular flexibility index (Phi) is 5.87. The zero-order chi connectivity index (χ0) is 23.7. The van der Waals surface area contributed by atoms with Gasteiger partial charge in [0, 0.05) is 11.1 Å². The lowest BCUT2D eigenvalue weighted by Gasteiger charge is -2.10. The van der Waals surface area contributed by atoms with Crippen molar-refractivity contribution in [3.8, 4) is 22.8 Å². The fourth-order valence-corrected chi connectivity index (χ4v) is 3.58. The first-order valence-corrected chi connectivity index (χ1v) is 10.1. The third-order valence-electron chi connectivity index (χ3n) is 5.19. The number of carbonyl (C=O) groups is 2. The molecule has 33 heavy (non-hydrogen) atoms. The van der Waals surface area contributed by atoms with Crippen LogP contribution in [0, 0.1) is 20.8 Å². The third-order valence-corrected chi connectivity index (χ3v) is 5.19. The molecular weight excluding hydrogens is 428 g/mol. The number of furan rings is 1. The molecule has 0 radical (unpaired) electrons. The molecule has 9 nitrogen and oxygen atoms in total. The maximum atomic E-state index is 13.0. The maximum absolute atomic E-state index is 13.0. The van der Waals surface area contributed by atoms with E-state index in [4.69, 9.17) is 23.2 Å². The van der Waals surface area contributed by atoms with Crippen molar-refractivity contribution in [2.24, 2.45) is 0 Å². The minimum Gasteiger partial charge on any atom is -0.493 e. The van der Waals surface area contributed by atoms with Crippen LogP contribution in [0.5, 0.6) is 11.5 Å². The normalized spacial score (nSPS) is 10.9. The summed E-state index contributed by atoms with van der Waals surface area (Å²) in [5.74, 6) is 1.17. The molecule has 0 aliphatic carbocycles. The number of methoxy groups -OCH3 is 2. The minimum absolute atomic E-state index is 0.196. The first-order chi connectivity index (χ1) is 15.8. The van der Waals surface area contributed by atoms with Crippen molar-refractivity contribution in [3.05, 3.63) is 58.7 Å². The Morgan fingerprint density at radius 3 is 2.42 bits per heavy atom. The summed E-state index contributed by atoms with van der Waals surface area (Å²) >= 11 is 0. The van der Waals surface area contributed by atoms with Crippen molar-refractivity contribution >= 4 is 22.9 Å².